The maximum absolute atomic E-state index is 12.2. The Morgan fingerprint density at radius 3 is 2.56 bits per heavy atom. The maximum Gasteiger partial charge on any atom is 0.296 e. The van der Waals surface area contributed by atoms with Crippen molar-refractivity contribution in [2.24, 2.45) is 5.92 Å². The van der Waals surface area contributed by atoms with Crippen LogP contribution in [0, 0.1) is 16.4 Å². The molecule has 0 radical (unpaired) electrons. The number of hydrogen-bond acceptors (Lipinski definition) is 4. The molecule has 0 unspecified atom stereocenters. The van der Waals surface area contributed by atoms with Gasteiger partial charge < -0.3 is 0 Å². The molecule has 0 aliphatic heterocycles. The third-order valence-electron chi connectivity index (χ3n) is 5.03. The third kappa shape index (κ3) is 3.78. The van der Waals surface area contributed by atoms with Crippen molar-refractivity contribution in [3.63, 3.8) is 0 Å². The van der Waals surface area contributed by atoms with Gasteiger partial charge in [-0.1, -0.05) is 17.7 Å². The van der Waals surface area contributed by atoms with Gasteiger partial charge in [0.05, 0.1) is 26.8 Å². The van der Waals surface area contributed by atoms with Crippen LogP contribution in [0.15, 0.2) is 35.4 Å². The van der Waals surface area contributed by atoms with E-state index in [0.29, 0.717) is 12.0 Å². The van der Waals surface area contributed by atoms with Gasteiger partial charge in [0, 0.05) is 12.1 Å². The molecule has 4 rings (SSSR count). The second-order valence-electron chi connectivity index (χ2n) is 7.16. The van der Waals surface area contributed by atoms with Gasteiger partial charge in [-0.25, -0.2) is 0 Å². The molecular weight excluding hydrogens is 451 g/mol. The maximum atomic E-state index is 12.2. The molecule has 7 heteroatoms. The highest BCUT2D eigenvalue weighted by atomic mass is 127. The first-order valence-corrected chi connectivity index (χ1v) is 11.1. The molecule has 5 nitrogen and oxygen atoms in total. The highest BCUT2D eigenvalue weighted by molar-refractivity contribution is 14.1. The van der Waals surface area contributed by atoms with Crippen LogP contribution in [0.25, 0.3) is 0 Å². The molecule has 2 aromatic rings. The van der Waals surface area contributed by atoms with E-state index in [1.165, 1.54) is 22.1 Å². The molecule has 2 fully saturated rings. The highest BCUT2D eigenvalue weighted by Crippen LogP contribution is 2.43. The molecule has 2 aliphatic rings. The summed E-state index contributed by atoms with van der Waals surface area (Å²) in [4.78, 5) is 0.227. The van der Waals surface area contributed by atoms with Crippen LogP contribution in [0.4, 0.5) is 0 Å². The van der Waals surface area contributed by atoms with E-state index in [9.17, 15) is 8.42 Å². The molecule has 0 bridgehead atoms. The molecule has 0 spiro atoms. The Kier molecular flexibility index (Phi) is 4.66. The van der Waals surface area contributed by atoms with Crippen molar-refractivity contribution in [2.45, 2.75) is 49.5 Å². The number of halogens is 1. The molecule has 1 heterocycles. The van der Waals surface area contributed by atoms with Gasteiger partial charge in [0.1, 0.15) is 0 Å². The quantitative estimate of drug-likeness (QED) is 0.471. The van der Waals surface area contributed by atoms with Gasteiger partial charge in [0.2, 0.25) is 0 Å². The minimum Gasteiger partial charge on any atom is -0.268 e. The van der Waals surface area contributed by atoms with E-state index in [2.05, 4.69) is 33.5 Å². The van der Waals surface area contributed by atoms with Crippen LogP contribution in [0.3, 0.4) is 0 Å². The minimum atomic E-state index is -3.66. The third-order valence-corrected chi connectivity index (χ3v) is 7.16. The Hall–Kier alpha value is -0.930. The van der Waals surface area contributed by atoms with E-state index in [1.54, 1.807) is 24.3 Å². The van der Waals surface area contributed by atoms with Crippen molar-refractivity contribution in [2.75, 3.05) is 6.61 Å². The van der Waals surface area contributed by atoms with E-state index in [1.807, 2.05) is 6.92 Å². The van der Waals surface area contributed by atoms with Gasteiger partial charge in [0.15, 0.2) is 0 Å². The van der Waals surface area contributed by atoms with Crippen molar-refractivity contribution in [3.05, 3.63) is 45.3 Å². The van der Waals surface area contributed by atoms with E-state index in [0.717, 1.165) is 18.4 Å². The Balaban J connectivity index is 1.31. The van der Waals surface area contributed by atoms with Crippen LogP contribution in [0.1, 0.15) is 48.9 Å². The summed E-state index contributed by atoms with van der Waals surface area (Å²) in [7, 11) is -3.66. The summed E-state index contributed by atoms with van der Waals surface area (Å²) < 4.78 is 33.0. The van der Waals surface area contributed by atoms with Crippen molar-refractivity contribution in [1.82, 2.24) is 9.78 Å². The highest BCUT2D eigenvalue weighted by Gasteiger charge is 2.35. The molecule has 2 aliphatic carbocycles. The van der Waals surface area contributed by atoms with Crippen molar-refractivity contribution < 1.29 is 12.6 Å². The number of rotatable bonds is 6. The SMILES string of the molecule is Cc1ccc(S(=O)(=O)OCC2CC(n3cc(I)c(C4CC4)n3)C2)cc1. The normalized spacial score (nSPS) is 23.4. The zero-order chi connectivity index (χ0) is 17.6. The average molecular weight is 472 g/mol. The van der Waals surface area contributed by atoms with Crippen molar-refractivity contribution in [3.8, 4) is 0 Å². The topological polar surface area (TPSA) is 61.2 Å². The summed E-state index contributed by atoms with van der Waals surface area (Å²) in [6.07, 6.45) is 6.48. The monoisotopic (exact) mass is 472 g/mol. The molecular formula is C18H21IN2O3S. The van der Waals surface area contributed by atoms with Crippen molar-refractivity contribution >= 4 is 32.7 Å². The lowest BCUT2D eigenvalue weighted by Crippen LogP contribution is -2.31. The van der Waals surface area contributed by atoms with E-state index >= 15 is 0 Å². The summed E-state index contributed by atoms with van der Waals surface area (Å²) in [5.74, 6) is 0.934. The van der Waals surface area contributed by atoms with Crippen LogP contribution >= 0.6 is 22.6 Å². The molecule has 0 saturated heterocycles. The Labute approximate surface area is 162 Å². The van der Waals surface area contributed by atoms with Gasteiger partial charge in [-0.3, -0.25) is 8.86 Å². The summed E-state index contributed by atoms with van der Waals surface area (Å²) in [6.45, 7) is 2.18. The van der Waals surface area contributed by atoms with Gasteiger partial charge >= 0.3 is 0 Å². The van der Waals surface area contributed by atoms with Crippen molar-refractivity contribution in [1.29, 1.82) is 0 Å². The van der Waals surface area contributed by atoms with Gasteiger partial charge in [-0.05, 0) is 73.2 Å². The van der Waals surface area contributed by atoms with Gasteiger partial charge in [-0.15, -0.1) is 0 Å². The predicted octanol–water partition coefficient (Wildman–Crippen LogP) is 4.03. The molecule has 1 aromatic carbocycles. The fourth-order valence-corrected chi connectivity index (χ4v) is 5.03. The smallest absolute Gasteiger partial charge is 0.268 e. The summed E-state index contributed by atoms with van der Waals surface area (Å²) in [5, 5.41) is 4.74. The molecule has 0 atom stereocenters. The number of aromatic nitrogens is 2. The fraction of sp³-hybridized carbons (Fsp3) is 0.500. The Morgan fingerprint density at radius 1 is 1.24 bits per heavy atom. The standard InChI is InChI=1S/C18H21IN2O3S/c1-12-2-6-16(7-3-12)25(22,23)24-11-13-8-15(9-13)21-10-17(19)18(20-21)14-4-5-14/h2-3,6-7,10,13-15H,4-5,8-9,11H2,1H3. The summed E-state index contributed by atoms with van der Waals surface area (Å²) in [6, 6.07) is 7.13. The number of aryl methyl sites for hydroxylation is 1. The molecule has 1 aromatic heterocycles. The van der Waals surface area contributed by atoms with E-state index < -0.39 is 10.1 Å². The van der Waals surface area contributed by atoms with Gasteiger partial charge in [-0.2, -0.15) is 13.5 Å². The van der Waals surface area contributed by atoms with E-state index in [-0.39, 0.29) is 17.4 Å². The second kappa shape index (κ2) is 6.66. The summed E-state index contributed by atoms with van der Waals surface area (Å²) >= 11 is 2.36. The number of hydrogen-bond donors (Lipinski definition) is 0. The Bertz CT molecular complexity index is 866. The first-order valence-electron chi connectivity index (χ1n) is 8.63. The molecule has 134 valence electrons. The molecule has 2 saturated carbocycles. The van der Waals surface area contributed by atoms with Gasteiger partial charge in [0.25, 0.3) is 10.1 Å². The second-order valence-corrected chi connectivity index (χ2v) is 9.94. The van der Waals surface area contributed by atoms with Crippen LogP contribution in [-0.4, -0.2) is 24.8 Å². The first kappa shape index (κ1) is 17.5. The fourth-order valence-electron chi connectivity index (χ4n) is 3.22. The lowest BCUT2D eigenvalue weighted by atomic mass is 9.81. The number of nitrogens with zero attached hydrogens (tertiary/aromatic N) is 2. The molecule has 0 amide bonds. The Morgan fingerprint density at radius 2 is 1.92 bits per heavy atom. The zero-order valence-corrected chi connectivity index (χ0v) is 17.0. The predicted molar refractivity (Wildman–Crippen MR) is 103 cm³/mol. The lowest BCUT2D eigenvalue weighted by molar-refractivity contribution is 0.120. The largest absolute Gasteiger partial charge is 0.296 e. The lowest BCUT2D eigenvalue weighted by Gasteiger charge is -2.34. The first-order chi connectivity index (χ1) is 11.9. The average Bonchev–Trinajstić information content (AvgIpc) is 3.29. The van der Waals surface area contributed by atoms with E-state index in [4.69, 9.17) is 9.28 Å². The zero-order valence-electron chi connectivity index (χ0n) is 14.1. The van der Waals surface area contributed by atoms with Crippen LogP contribution in [0.2, 0.25) is 0 Å². The number of benzene rings is 1. The summed E-state index contributed by atoms with van der Waals surface area (Å²) in [5.41, 5.74) is 2.27. The van der Waals surface area contributed by atoms with Crippen LogP contribution < -0.4 is 0 Å². The molecule has 25 heavy (non-hydrogen) atoms. The minimum absolute atomic E-state index is 0.227. The van der Waals surface area contributed by atoms with Crippen LogP contribution in [-0.2, 0) is 14.3 Å². The van der Waals surface area contributed by atoms with Crippen LogP contribution in [0.5, 0.6) is 0 Å². The molecule has 0 N–H and O–H groups in total.